The minimum Gasteiger partial charge on any atom is -0.267 e. The van der Waals surface area contributed by atoms with Gasteiger partial charge in [0, 0.05) is 11.3 Å². The smallest absolute Gasteiger partial charge is 0.267 e. The molecule has 1 aromatic heterocycles. The molecule has 0 fully saturated rings. The number of carbonyl (C=O) groups excluding carboxylic acids is 1. The molecule has 0 radical (unpaired) electrons. The minimum absolute atomic E-state index is 0.0481. The molecule has 1 heterocycles. The van der Waals surface area contributed by atoms with E-state index in [9.17, 15) is 4.79 Å². The van der Waals surface area contributed by atoms with Gasteiger partial charge in [-0.1, -0.05) is 6.08 Å². The van der Waals surface area contributed by atoms with Crippen LogP contribution in [0.1, 0.15) is 30.0 Å². The van der Waals surface area contributed by atoms with Crippen LogP contribution in [0, 0.1) is 13.8 Å². The van der Waals surface area contributed by atoms with Crippen LogP contribution in [0.4, 0.5) is 0 Å². The van der Waals surface area contributed by atoms with Crippen LogP contribution in [-0.2, 0) is 0 Å². The highest BCUT2D eigenvalue weighted by molar-refractivity contribution is 5.94. The lowest BCUT2D eigenvalue weighted by atomic mass is 10.3. The Morgan fingerprint density at radius 2 is 2.15 bits per heavy atom. The van der Waals surface area contributed by atoms with Crippen molar-refractivity contribution in [1.29, 1.82) is 0 Å². The van der Waals surface area contributed by atoms with Gasteiger partial charge in [0.1, 0.15) is 0 Å². The summed E-state index contributed by atoms with van der Waals surface area (Å²) < 4.78 is 1.44. The van der Waals surface area contributed by atoms with Crippen LogP contribution in [0.3, 0.4) is 0 Å². The average molecular weight is 178 g/mol. The Kier molecular flexibility index (Phi) is 2.66. The predicted molar refractivity (Wildman–Crippen MR) is 51.8 cm³/mol. The molecule has 0 saturated heterocycles. The molecule has 0 aliphatic carbocycles. The van der Waals surface area contributed by atoms with Gasteiger partial charge in [0.2, 0.25) is 0 Å². The van der Waals surface area contributed by atoms with E-state index in [0.717, 1.165) is 11.4 Å². The molecule has 0 aromatic carbocycles. The molecule has 0 unspecified atom stereocenters. The summed E-state index contributed by atoms with van der Waals surface area (Å²) in [4.78, 5) is 11.6. The summed E-state index contributed by atoms with van der Waals surface area (Å²) in [7, 11) is 0. The Labute approximate surface area is 78.1 Å². The third kappa shape index (κ3) is 1.86. The molecule has 3 heteroatoms. The number of rotatable bonds is 1. The molecule has 0 aliphatic heterocycles. The summed E-state index contributed by atoms with van der Waals surface area (Å²) in [6.45, 7) is 7.39. The third-order valence-corrected chi connectivity index (χ3v) is 1.97. The molecule has 0 spiro atoms. The Morgan fingerprint density at radius 3 is 2.54 bits per heavy atom. The van der Waals surface area contributed by atoms with Crippen LogP contribution in [0.5, 0.6) is 0 Å². The lowest BCUT2D eigenvalue weighted by Gasteiger charge is -2.01. The Bertz CT molecular complexity index is 361. The zero-order chi connectivity index (χ0) is 10.0. The lowest BCUT2D eigenvalue weighted by Crippen LogP contribution is -2.14. The fourth-order valence-corrected chi connectivity index (χ4v) is 1.13. The van der Waals surface area contributed by atoms with Crippen molar-refractivity contribution in [3.05, 3.63) is 29.1 Å². The second-order valence-corrected chi connectivity index (χ2v) is 3.12. The number of nitrogens with zero attached hydrogens (tertiary/aromatic N) is 2. The van der Waals surface area contributed by atoms with Gasteiger partial charge in [0.25, 0.3) is 5.91 Å². The van der Waals surface area contributed by atoms with Crippen molar-refractivity contribution in [2.75, 3.05) is 0 Å². The van der Waals surface area contributed by atoms with Crippen molar-refractivity contribution in [2.45, 2.75) is 27.7 Å². The maximum absolute atomic E-state index is 11.6. The van der Waals surface area contributed by atoms with Crippen molar-refractivity contribution in [3.63, 3.8) is 0 Å². The van der Waals surface area contributed by atoms with Crippen LogP contribution in [0.15, 0.2) is 17.7 Å². The highest BCUT2D eigenvalue weighted by Gasteiger charge is 2.10. The zero-order valence-corrected chi connectivity index (χ0v) is 8.46. The molecular formula is C10H14N2O. The molecular weight excluding hydrogens is 164 g/mol. The zero-order valence-electron chi connectivity index (χ0n) is 8.46. The van der Waals surface area contributed by atoms with Crippen LogP contribution < -0.4 is 0 Å². The van der Waals surface area contributed by atoms with E-state index >= 15 is 0 Å². The van der Waals surface area contributed by atoms with Gasteiger partial charge in [-0.3, -0.25) is 4.79 Å². The standard InChI is InChI=1S/C10H14N2O/c1-5-7(2)10(13)12-9(4)6-8(3)11-12/h5-6H,1-4H3/b7-5+. The van der Waals surface area contributed by atoms with Crippen molar-refractivity contribution >= 4 is 5.91 Å². The lowest BCUT2D eigenvalue weighted by molar-refractivity contribution is 0.0937. The largest absolute Gasteiger partial charge is 0.273 e. The molecule has 13 heavy (non-hydrogen) atoms. The van der Waals surface area contributed by atoms with Gasteiger partial charge in [0.05, 0.1) is 5.69 Å². The van der Waals surface area contributed by atoms with E-state index in [1.807, 2.05) is 26.8 Å². The fourth-order valence-electron chi connectivity index (χ4n) is 1.13. The predicted octanol–water partition coefficient (Wildman–Crippen LogP) is 2.11. The van der Waals surface area contributed by atoms with E-state index in [0.29, 0.717) is 5.57 Å². The molecule has 3 nitrogen and oxygen atoms in total. The number of hydrogen-bond acceptors (Lipinski definition) is 2. The topological polar surface area (TPSA) is 34.9 Å². The first-order valence-corrected chi connectivity index (χ1v) is 4.27. The monoisotopic (exact) mass is 178 g/mol. The van der Waals surface area contributed by atoms with Crippen molar-refractivity contribution in [1.82, 2.24) is 9.78 Å². The first-order valence-electron chi connectivity index (χ1n) is 4.27. The molecule has 70 valence electrons. The molecule has 0 saturated carbocycles. The molecule has 1 aromatic rings. The first kappa shape index (κ1) is 9.71. The van der Waals surface area contributed by atoms with E-state index in [1.165, 1.54) is 4.68 Å². The molecule has 0 bridgehead atoms. The fraction of sp³-hybridized carbons (Fsp3) is 0.400. The third-order valence-electron chi connectivity index (χ3n) is 1.97. The summed E-state index contributed by atoms with van der Waals surface area (Å²) in [5, 5.41) is 4.11. The Balaban J connectivity index is 3.09. The van der Waals surface area contributed by atoms with Gasteiger partial charge < -0.3 is 0 Å². The van der Waals surface area contributed by atoms with E-state index < -0.39 is 0 Å². The number of aryl methyl sites for hydroxylation is 2. The highest BCUT2D eigenvalue weighted by atomic mass is 16.2. The molecule has 0 amide bonds. The summed E-state index contributed by atoms with van der Waals surface area (Å²) in [5.41, 5.74) is 2.46. The molecule has 0 aliphatic rings. The quantitative estimate of drug-likeness (QED) is 0.617. The number of carbonyl (C=O) groups is 1. The Hall–Kier alpha value is -1.38. The Morgan fingerprint density at radius 1 is 1.54 bits per heavy atom. The maximum atomic E-state index is 11.6. The van der Waals surface area contributed by atoms with Gasteiger partial charge >= 0.3 is 0 Å². The second kappa shape index (κ2) is 3.56. The number of aromatic nitrogens is 2. The number of allylic oxidation sites excluding steroid dienone is 2. The maximum Gasteiger partial charge on any atom is 0.273 e. The number of hydrogen-bond donors (Lipinski definition) is 0. The van der Waals surface area contributed by atoms with Crippen LogP contribution in [-0.4, -0.2) is 15.7 Å². The SMILES string of the molecule is C/C=C(\C)C(=O)n1nc(C)cc1C. The summed E-state index contributed by atoms with van der Waals surface area (Å²) in [6, 6.07) is 1.89. The van der Waals surface area contributed by atoms with Gasteiger partial charge in [-0.05, 0) is 33.8 Å². The summed E-state index contributed by atoms with van der Waals surface area (Å²) >= 11 is 0. The molecule has 1 rings (SSSR count). The summed E-state index contributed by atoms with van der Waals surface area (Å²) in [6.07, 6.45) is 1.79. The molecule has 0 N–H and O–H groups in total. The van der Waals surface area contributed by atoms with E-state index in [2.05, 4.69) is 5.10 Å². The molecule has 0 atom stereocenters. The normalized spacial score (nSPS) is 11.8. The van der Waals surface area contributed by atoms with Crippen molar-refractivity contribution in [2.24, 2.45) is 0 Å². The van der Waals surface area contributed by atoms with E-state index in [-0.39, 0.29) is 5.91 Å². The van der Waals surface area contributed by atoms with Gasteiger partial charge in [-0.25, -0.2) is 4.68 Å². The van der Waals surface area contributed by atoms with Gasteiger partial charge in [-0.15, -0.1) is 0 Å². The second-order valence-electron chi connectivity index (χ2n) is 3.12. The van der Waals surface area contributed by atoms with Crippen molar-refractivity contribution < 1.29 is 4.79 Å². The van der Waals surface area contributed by atoms with Crippen molar-refractivity contribution in [3.8, 4) is 0 Å². The van der Waals surface area contributed by atoms with E-state index in [1.54, 1.807) is 13.0 Å². The summed E-state index contributed by atoms with van der Waals surface area (Å²) in [5.74, 6) is -0.0481. The van der Waals surface area contributed by atoms with Crippen LogP contribution >= 0.6 is 0 Å². The minimum atomic E-state index is -0.0481. The first-order chi connectivity index (χ1) is 6.06. The average Bonchev–Trinajstić information content (AvgIpc) is 2.42. The highest BCUT2D eigenvalue weighted by Crippen LogP contribution is 2.05. The van der Waals surface area contributed by atoms with Crippen LogP contribution in [0.25, 0.3) is 0 Å². The van der Waals surface area contributed by atoms with E-state index in [4.69, 9.17) is 0 Å². The van der Waals surface area contributed by atoms with Crippen LogP contribution in [0.2, 0.25) is 0 Å². The van der Waals surface area contributed by atoms with Gasteiger partial charge in [-0.2, -0.15) is 5.10 Å². The van der Waals surface area contributed by atoms with Gasteiger partial charge in [0.15, 0.2) is 0 Å².